The number of fused-ring (bicyclic) bond motifs is 1. The molecule has 0 atom stereocenters. The van der Waals surface area contributed by atoms with E-state index in [2.05, 4.69) is 9.88 Å². The van der Waals surface area contributed by atoms with Crippen molar-refractivity contribution < 1.29 is 18.7 Å². The maximum atomic E-state index is 13.0. The number of aromatic amines is 1. The van der Waals surface area contributed by atoms with Crippen LogP contribution >= 0.6 is 10.6 Å². The Morgan fingerprint density at radius 1 is 0.903 bits per heavy atom. The molecule has 0 unspecified atom stereocenters. The van der Waals surface area contributed by atoms with Crippen LogP contribution in [0, 0.1) is 0 Å². The smallest absolute Gasteiger partial charge is 0.270 e. The number of H-pyrrole nitrogens is 1. The molecule has 8 nitrogen and oxygen atoms in total. The number of amides is 2. The first-order chi connectivity index (χ1) is 14.9. The van der Waals surface area contributed by atoms with E-state index in [1.54, 1.807) is 11.0 Å². The fourth-order valence-corrected chi connectivity index (χ4v) is 5.94. The van der Waals surface area contributed by atoms with Crippen molar-refractivity contribution in [2.24, 2.45) is 0 Å². The second kappa shape index (κ2) is 8.12. The second-order valence-electron chi connectivity index (χ2n) is 8.90. The monoisotopic (exact) mass is 446 g/mol. The molecule has 0 bridgehead atoms. The minimum Gasteiger partial charge on any atom is -0.351 e. The predicted molar refractivity (Wildman–Crippen MR) is 122 cm³/mol. The standard InChI is InChI=1S/C22H30N4O4S/c27-21(25-8-6-24(7-9-25)18-2-1-3-18)16-4-5-19-17(14-16)15-20(23-19)22(28)26-10-12-31(29,30)13-11-26/h4-5,14-15,18,23,29-30H,1-3,6-13H2. The minimum absolute atomic E-state index is 0.0467. The number of rotatable bonds is 3. The molecule has 2 amide bonds. The summed E-state index contributed by atoms with van der Waals surface area (Å²) in [4.78, 5) is 35.1. The lowest BCUT2D eigenvalue weighted by Gasteiger charge is -2.42. The van der Waals surface area contributed by atoms with Crippen LogP contribution in [0.1, 0.15) is 40.1 Å². The van der Waals surface area contributed by atoms with Gasteiger partial charge in [-0.15, -0.1) is 0 Å². The van der Waals surface area contributed by atoms with Crippen molar-refractivity contribution in [2.75, 3.05) is 50.8 Å². The van der Waals surface area contributed by atoms with Crippen LogP contribution in [0.5, 0.6) is 0 Å². The molecule has 2 saturated heterocycles. The first-order valence-electron chi connectivity index (χ1n) is 11.1. The molecule has 168 valence electrons. The van der Waals surface area contributed by atoms with Gasteiger partial charge >= 0.3 is 0 Å². The fourth-order valence-electron chi connectivity index (χ4n) is 4.71. The van der Waals surface area contributed by atoms with Gasteiger partial charge in [-0.2, -0.15) is 10.6 Å². The maximum absolute atomic E-state index is 13.0. The van der Waals surface area contributed by atoms with Gasteiger partial charge in [0.05, 0.1) is 11.5 Å². The Morgan fingerprint density at radius 3 is 2.23 bits per heavy atom. The Hall–Kier alpha value is -2.07. The largest absolute Gasteiger partial charge is 0.351 e. The van der Waals surface area contributed by atoms with E-state index in [4.69, 9.17) is 0 Å². The number of benzene rings is 1. The van der Waals surface area contributed by atoms with E-state index in [9.17, 15) is 18.7 Å². The summed E-state index contributed by atoms with van der Waals surface area (Å²) in [6, 6.07) is 8.05. The lowest BCUT2D eigenvalue weighted by molar-refractivity contribution is 0.0455. The van der Waals surface area contributed by atoms with Crippen LogP contribution in [0.25, 0.3) is 10.9 Å². The Bertz CT molecular complexity index is 985. The fraction of sp³-hybridized carbons (Fsp3) is 0.545. The predicted octanol–water partition coefficient (Wildman–Crippen LogP) is 2.68. The Labute approximate surface area is 183 Å². The summed E-state index contributed by atoms with van der Waals surface area (Å²) in [5, 5.41) is 0.837. The highest BCUT2D eigenvalue weighted by Crippen LogP contribution is 2.40. The number of hydrogen-bond donors (Lipinski definition) is 3. The molecular weight excluding hydrogens is 416 g/mol. The molecule has 3 fully saturated rings. The highest BCUT2D eigenvalue weighted by atomic mass is 32.3. The number of aromatic nitrogens is 1. The molecule has 9 heteroatoms. The molecule has 2 aromatic rings. The second-order valence-corrected chi connectivity index (χ2v) is 11.3. The van der Waals surface area contributed by atoms with Crippen LogP contribution in [0.3, 0.4) is 0 Å². The van der Waals surface area contributed by atoms with E-state index in [1.165, 1.54) is 19.3 Å². The lowest BCUT2D eigenvalue weighted by atomic mass is 9.91. The summed E-state index contributed by atoms with van der Waals surface area (Å²) in [5.74, 6) is 0.355. The van der Waals surface area contributed by atoms with Gasteiger partial charge in [-0.25, -0.2) is 0 Å². The van der Waals surface area contributed by atoms with Gasteiger partial charge in [0.15, 0.2) is 0 Å². The molecule has 3 heterocycles. The molecule has 2 aliphatic heterocycles. The first-order valence-corrected chi connectivity index (χ1v) is 13.0. The summed E-state index contributed by atoms with van der Waals surface area (Å²) in [5.41, 5.74) is 1.93. The average molecular weight is 447 g/mol. The summed E-state index contributed by atoms with van der Waals surface area (Å²) in [6.07, 6.45) is 3.91. The summed E-state index contributed by atoms with van der Waals surface area (Å²) >= 11 is 0. The molecule has 1 aromatic carbocycles. The molecule has 0 radical (unpaired) electrons. The van der Waals surface area contributed by atoms with E-state index in [0.29, 0.717) is 24.3 Å². The Balaban J connectivity index is 1.26. The van der Waals surface area contributed by atoms with Crippen LogP contribution in [-0.4, -0.2) is 97.4 Å². The van der Waals surface area contributed by atoms with Crippen LogP contribution < -0.4 is 0 Å². The summed E-state index contributed by atoms with van der Waals surface area (Å²) in [7, 11) is -2.54. The molecule has 0 spiro atoms. The summed E-state index contributed by atoms with van der Waals surface area (Å²) < 4.78 is 19.5. The van der Waals surface area contributed by atoms with Crippen molar-refractivity contribution in [3.8, 4) is 0 Å². The maximum Gasteiger partial charge on any atom is 0.270 e. The van der Waals surface area contributed by atoms with Crippen molar-refractivity contribution in [3.63, 3.8) is 0 Å². The molecule has 1 aromatic heterocycles. The van der Waals surface area contributed by atoms with Crippen LogP contribution in [0.4, 0.5) is 0 Å². The average Bonchev–Trinajstić information content (AvgIpc) is 3.15. The van der Waals surface area contributed by atoms with Crippen LogP contribution in [0.15, 0.2) is 24.3 Å². The number of carbonyl (C=O) groups excluding carboxylic acids is 2. The first kappa shape index (κ1) is 20.8. The van der Waals surface area contributed by atoms with E-state index in [-0.39, 0.29) is 23.3 Å². The number of carbonyl (C=O) groups is 2. The highest BCUT2D eigenvalue weighted by molar-refractivity contribution is 8.24. The van der Waals surface area contributed by atoms with Gasteiger partial charge in [0.25, 0.3) is 11.8 Å². The van der Waals surface area contributed by atoms with Crippen molar-refractivity contribution in [2.45, 2.75) is 25.3 Å². The third kappa shape index (κ3) is 4.19. The third-order valence-electron chi connectivity index (χ3n) is 6.95. The highest BCUT2D eigenvalue weighted by Gasteiger charge is 2.30. The van der Waals surface area contributed by atoms with E-state index in [0.717, 1.165) is 43.1 Å². The molecule has 3 N–H and O–H groups in total. The molecule has 1 aliphatic carbocycles. The number of hydrogen-bond acceptors (Lipinski definition) is 5. The van der Waals surface area contributed by atoms with E-state index < -0.39 is 10.6 Å². The van der Waals surface area contributed by atoms with Crippen molar-refractivity contribution in [3.05, 3.63) is 35.5 Å². The molecule has 5 rings (SSSR count). The van der Waals surface area contributed by atoms with Gasteiger partial charge < -0.3 is 14.8 Å². The SMILES string of the molecule is O=C(c1ccc2[nH]c(C(=O)N3CCS(O)(O)CC3)cc2c1)N1CCN(C2CCC2)CC1. The van der Waals surface area contributed by atoms with Gasteiger partial charge in [-0.3, -0.25) is 23.6 Å². The van der Waals surface area contributed by atoms with Gasteiger partial charge in [0, 0.05) is 61.8 Å². The Morgan fingerprint density at radius 2 is 1.58 bits per heavy atom. The van der Waals surface area contributed by atoms with Gasteiger partial charge in [-0.05, 0) is 37.1 Å². The zero-order valence-corrected chi connectivity index (χ0v) is 18.4. The quantitative estimate of drug-likeness (QED) is 0.673. The molecule has 1 saturated carbocycles. The zero-order chi connectivity index (χ0) is 21.6. The zero-order valence-electron chi connectivity index (χ0n) is 17.6. The normalized spacial score (nSPS) is 23.5. The van der Waals surface area contributed by atoms with E-state index in [1.807, 2.05) is 23.1 Å². The van der Waals surface area contributed by atoms with Gasteiger partial charge in [-0.1, -0.05) is 6.42 Å². The molecular formula is C22H30N4O4S. The molecule has 31 heavy (non-hydrogen) atoms. The van der Waals surface area contributed by atoms with Crippen molar-refractivity contribution in [1.82, 2.24) is 19.7 Å². The van der Waals surface area contributed by atoms with Gasteiger partial charge in [0.2, 0.25) is 0 Å². The number of piperazine rings is 1. The van der Waals surface area contributed by atoms with Crippen molar-refractivity contribution in [1.29, 1.82) is 0 Å². The topological polar surface area (TPSA) is 100 Å². The lowest BCUT2D eigenvalue weighted by Crippen LogP contribution is -2.53. The van der Waals surface area contributed by atoms with Crippen LogP contribution in [0.2, 0.25) is 0 Å². The summed E-state index contributed by atoms with van der Waals surface area (Å²) in [6.45, 7) is 4.10. The van der Waals surface area contributed by atoms with E-state index >= 15 is 0 Å². The number of nitrogens with one attached hydrogen (secondary N) is 1. The minimum atomic E-state index is -2.54. The van der Waals surface area contributed by atoms with Crippen LogP contribution in [-0.2, 0) is 0 Å². The Kier molecular flexibility index (Phi) is 5.45. The molecule has 3 aliphatic rings. The van der Waals surface area contributed by atoms with Gasteiger partial charge in [0.1, 0.15) is 5.69 Å². The third-order valence-corrected chi connectivity index (χ3v) is 8.63. The van der Waals surface area contributed by atoms with Crippen molar-refractivity contribution >= 4 is 33.3 Å². The number of nitrogens with zero attached hydrogens (tertiary/aromatic N) is 3.